The predicted octanol–water partition coefficient (Wildman–Crippen LogP) is 2.69. The molecule has 0 aliphatic rings. The molecule has 10 nitrogen and oxygen atoms in total. The number of hydrogen-bond acceptors (Lipinski definition) is 8. The van der Waals surface area contributed by atoms with Gasteiger partial charge in [-0.15, -0.1) is 0 Å². The minimum Gasteiger partial charge on any atom is -0.494 e. The standard InChI is InChI=1S/C22H23N5O5S/c1-4-32-19-10-5-7-15(25-19)22-26-16-12-11-14(13-33(23,28)29)24-21(16)27(22)20-17(30-2)8-6-9-18(20)31-3/h5-12H,4,13H2,1-3H3,(H2,23,28,29). The molecular formula is C22H23N5O5S. The molecule has 0 atom stereocenters. The lowest BCUT2D eigenvalue weighted by Gasteiger charge is -2.16. The number of benzene rings is 1. The SMILES string of the molecule is CCOc1cccc(-c2nc3ccc(CS(N)(=O)=O)nc3n2-c2c(OC)cccc2OC)n1. The van der Waals surface area contributed by atoms with Crippen molar-refractivity contribution in [2.24, 2.45) is 5.14 Å². The number of para-hydroxylation sites is 1. The zero-order chi connectivity index (χ0) is 23.6. The fourth-order valence-electron chi connectivity index (χ4n) is 3.49. The van der Waals surface area contributed by atoms with Gasteiger partial charge >= 0.3 is 0 Å². The summed E-state index contributed by atoms with van der Waals surface area (Å²) in [4.78, 5) is 13.9. The van der Waals surface area contributed by atoms with E-state index in [0.29, 0.717) is 52.4 Å². The Kier molecular flexibility index (Phi) is 6.16. The second-order valence-corrected chi connectivity index (χ2v) is 8.64. The highest BCUT2D eigenvalue weighted by atomic mass is 32.2. The number of aromatic nitrogens is 4. The zero-order valence-corrected chi connectivity index (χ0v) is 19.2. The molecule has 4 aromatic rings. The summed E-state index contributed by atoms with van der Waals surface area (Å²) in [7, 11) is -0.684. The molecule has 0 fully saturated rings. The van der Waals surface area contributed by atoms with Gasteiger partial charge in [-0.1, -0.05) is 12.1 Å². The number of fused-ring (bicyclic) bond motifs is 1. The molecule has 3 aromatic heterocycles. The smallest absolute Gasteiger partial charge is 0.214 e. The third-order valence-electron chi connectivity index (χ3n) is 4.78. The summed E-state index contributed by atoms with van der Waals surface area (Å²) in [6, 6.07) is 14.0. The van der Waals surface area contributed by atoms with Crippen LogP contribution in [0.3, 0.4) is 0 Å². The van der Waals surface area contributed by atoms with Crippen molar-refractivity contribution in [3.63, 3.8) is 0 Å². The maximum atomic E-state index is 11.7. The lowest BCUT2D eigenvalue weighted by Crippen LogP contribution is -2.15. The van der Waals surface area contributed by atoms with Gasteiger partial charge in [0.1, 0.15) is 34.1 Å². The first-order valence-corrected chi connectivity index (χ1v) is 11.8. The van der Waals surface area contributed by atoms with E-state index in [4.69, 9.17) is 24.3 Å². The monoisotopic (exact) mass is 469 g/mol. The van der Waals surface area contributed by atoms with Crippen molar-refractivity contribution in [3.8, 4) is 34.6 Å². The lowest BCUT2D eigenvalue weighted by molar-refractivity contribution is 0.327. The molecule has 0 aliphatic heterocycles. The van der Waals surface area contributed by atoms with Crippen molar-refractivity contribution in [1.82, 2.24) is 19.5 Å². The molecule has 2 N–H and O–H groups in total. The van der Waals surface area contributed by atoms with Crippen molar-refractivity contribution in [3.05, 3.63) is 54.2 Å². The van der Waals surface area contributed by atoms with Crippen LogP contribution >= 0.6 is 0 Å². The van der Waals surface area contributed by atoms with Gasteiger partial charge in [0.15, 0.2) is 11.5 Å². The van der Waals surface area contributed by atoms with Crippen LogP contribution in [0.2, 0.25) is 0 Å². The van der Waals surface area contributed by atoms with Crippen LogP contribution in [0, 0.1) is 0 Å². The summed E-state index contributed by atoms with van der Waals surface area (Å²) in [5, 5.41) is 5.24. The summed E-state index contributed by atoms with van der Waals surface area (Å²) in [6.07, 6.45) is 0. The molecular weight excluding hydrogens is 446 g/mol. The second-order valence-electron chi connectivity index (χ2n) is 7.03. The lowest BCUT2D eigenvalue weighted by atomic mass is 10.2. The number of sulfonamides is 1. The summed E-state index contributed by atoms with van der Waals surface area (Å²) in [5.41, 5.74) is 2.28. The van der Waals surface area contributed by atoms with Gasteiger partial charge < -0.3 is 14.2 Å². The van der Waals surface area contributed by atoms with Crippen molar-refractivity contribution < 1.29 is 22.6 Å². The van der Waals surface area contributed by atoms with Crippen molar-refractivity contribution >= 4 is 21.2 Å². The minimum atomic E-state index is -3.78. The zero-order valence-electron chi connectivity index (χ0n) is 18.3. The van der Waals surface area contributed by atoms with E-state index in [1.807, 2.05) is 13.0 Å². The molecule has 0 amide bonds. The van der Waals surface area contributed by atoms with E-state index in [-0.39, 0.29) is 5.69 Å². The van der Waals surface area contributed by atoms with Gasteiger partial charge in [-0.25, -0.2) is 28.5 Å². The van der Waals surface area contributed by atoms with Crippen molar-refractivity contribution in [2.75, 3.05) is 20.8 Å². The topological polar surface area (TPSA) is 131 Å². The first-order valence-electron chi connectivity index (χ1n) is 10.0. The maximum Gasteiger partial charge on any atom is 0.214 e. The molecule has 3 heterocycles. The van der Waals surface area contributed by atoms with E-state index in [0.717, 1.165) is 0 Å². The number of pyridine rings is 2. The highest BCUT2D eigenvalue weighted by Gasteiger charge is 2.23. The number of imidazole rings is 1. The van der Waals surface area contributed by atoms with Crippen LogP contribution in [0.25, 0.3) is 28.4 Å². The molecule has 172 valence electrons. The van der Waals surface area contributed by atoms with Crippen LogP contribution in [0.5, 0.6) is 17.4 Å². The number of ether oxygens (including phenoxy) is 3. The Morgan fingerprint density at radius 3 is 2.27 bits per heavy atom. The third kappa shape index (κ3) is 4.59. The van der Waals surface area contributed by atoms with Crippen LogP contribution in [0.15, 0.2) is 48.5 Å². The van der Waals surface area contributed by atoms with E-state index < -0.39 is 15.8 Å². The van der Waals surface area contributed by atoms with Gasteiger partial charge in [-0.05, 0) is 37.3 Å². The molecule has 0 aliphatic carbocycles. The number of primary sulfonamides is 1. The molecule has 0 saturated heterocycles. The van der Waals surface area contributed by atoms with Gasteiger partial charge in [0, 0.05) is 6.07 Å². The first kappa shape index (κ1) is 22.5. The van der Waals surface area contributed by atoms with E-state index in [1.165, 1.54) is 0 Å². The molecule has 0 radical (unpaired) electrons. The highest BCUT2D eigenvalue weighted by molar-refractivity contribution is 7.88. The molecule has 4 rings (SSSR count). The van der Waals surface area contributed by atoms with E-state index in [2.05, 4.69) is 9.97 Å². The summed E-state index contributed by atoms with van der Waals surface area (Å²) in [6.45, 7) is 2.34. The molecule has 0 saturated carbocycles. The third-order valence-corrected chi connectivity index (χ3v) is 5.48. The highest BCUT2D eigenvalue weighted by Crippen LogP contribution is 2.38. The number of rotatable bonds is 8. The second kappa shape index (κ2) is 9.04. The van der Waals surface area contributed by atoms with E-state index >= 15 is 0 Å². The quantitative estimate of drug-likeness (QED) is 0.417. The van der Waals surface area contributed by atoms with Gasteiger partial charge in [-0.3, -0.25) is 4.57 Å². The largest absolute Gasteiger partial charge is 0.494 e. The Morgan fingerprint density at radius 2 is 1.64 bits per heavy atom. The maximum absolute atomic E-state index is 11.7. The Balaban J connectivity index is 2.06. The fourth-order valence-corrected chi connectivity index (χ4v) is 4.06. The van der Waals surface area contributed by atoms with Gasteiger partial charge in [0.2, 0.25) is 15.9 Å². The van der Waals surface area contributed by atoms with E-state index in [9.17, 15) is 8.42 Å². The molecule has 0 unspecified atom stereocenters. The van der Waals surface area contributed by atoms with Crippen LogP contribution in [-0.2, 0) is 15.8 Å². The van der Waals surface area contributed by atoms with Crippen molar-refractivity contribution in [1.29, 1.82) is 0 Å². The van der Waals surface area contributed by atoms with Gasteiger partial charge in [0.05, 0.1) is 26.5 Å². The van der Waals surface area contributed by atoms with Gasteiger partial charge in [-0.2, -0.15) is 0 Å². The van der Waals surface area contributed by atoms with Crippen LogP contribution in [0.1, 0.15) is 12.6 Å². The average Bonchev–Trinajstić information content (AvgIpc) is 3.16. The average molecular weight is 470 g/mol. The summed E-state index contributed by atoms with van der Waals surface area (Å²) < 4.78 is 41.8. The minimum absolute atomic E-state index is 0.280. The summed E-state index contributed by atoms with van der Waals surface area (Å²) >= 11 is 0. The summed E-state index contributed by atoms with van der Waals surface area (Å²) in [5.74, 6) is 1.51. The van der Waals surface area contributed by atoms with E-state index in [1.54, 1.807) is 61.3 Å². The number of hydrogen-bond donors (Lipinski definition) is 1. The first-order chi connectivity index (χ1) is 15.8. The fraction of sp³-hybridized carbons (Fsp3) is 0.227. The van der Waals surface area contributed by atoms with Crippen LogP contribution < -0.4 is 19.3 Å². The van der Waals surface area contributed by atoms with Crippen molar-refractivity contribution in [2.45, 2.75) is 12.7 Å². The Morgan fingerprint density at radius 1 is 0.939 bits per heavy atom. The molecule has 33 heavy (non-hydrogen) atoms. The molecule has 0 spiro atoms. The Labute approximate surface area is 191 Å². The Bertz CT molecular complexity index is 1400. The number of nitrogens with two attached hydrogens (primary N) is 1. The molecule has 0 bridgehead atoms. The predicted molar refractivity (Wildman–Crippen MR) is 123 cm³/mol. The van der Waals surface area contributed by atoms with Crippen LogP contribution in [0.4, 0.5) is 0 Å². The Hall–Kier alpha value is -3.70. The van der Waals surface area contributed by atoms with Gasteiger partial charge in [0.25, 0.3) is 0 Å². The molecule has 1 aromatic carbocycles. The number of methoxy groups -OCH3 is 2. The number of nitrogens with zero attached hydrogens (tertiary/aromatic N) is 4. The normalized spacial score (nSPS) is 11.5. The molecule has 11 heteroatoms. The van der Waals surface area contributed by atoms with Crippen LogP contribution in [-0.4, -0.2) is 48.8 Å².